The summed E-state index contributed by atoms with van der Waals surface area (Å²) < 4.78 is 0. The first kappa shape index (κ1) is 37.5. The molecule has 0 bridgehead atoms. The van der Waals surface area contributed by atoms with Gasteiger partial charge in [0.05, 0.1) is 0 Å². The van der Waals surface area contributed by atoms with E-state index in [-0.39, 0.29) is 25.2 Å². The predicted octanol–water partition coefficient (Wildman–Crippen LogP) is 7.34. The zero-order valence-corrected chi connectivity index (χ0v) is 27.6. The number of carbonyl (C=O) groups excluding carboxylic acids is 1. The highest BCUT2D eigenvalue weighted by atomic mass is 16.4. The Morgan fingerprint density at radius 2 is 0.930 bits per heavy atom. The number of amides is 1. The summed E-state index contributed by atoms with van der Waals surface area (Å²) in [6, 6.07) is 2.59. The molecule has 0 aromatic carbocycles. The largest absolute Gasteiger partial charge is 0.481 e. The van der Waals surface area contributed by atoms with Gasteiger partial charge < -0.3 is 26.2 Å². The van der Waals surface area contributed by atoms with E-state index in [0.29, 0.717) is 6.42 Å². The van der Waals surface area contributed by atoms with E-state index < -0.39 is 23.9 Å². The molecule has 4 fully saturated rings. The molecule has 0 aromatic heterocycles. The van der Waals surface area contributed by atoms with Crippen molar-refractivity contribution in [3.8, 4) is 0 Å². The molecule has 0 aliphatic heterocycles. The fourth-order valence-electron chi connectivity index (χ4n) is 7.10. The number of aliphatic carboxylic acids is 2. The first-order valence-electron chi connectivity index (χ1n) is 18.0. The number of rotatable bonds is 12. The lowest BCUT2D eigenvalue weighted by molar-refractivity contribution is -0.142. The van der Waals surface area contributed by atoms with Gasteiger partial charge in [-0.2, -0.15) is 0 Å². The number of carboxylic acid groups (broad SMARTS) is 2. The molecule has 8 heteroatoms. The lowest BCUT2D eigenvalue weighted by Gasteiger charge is -2.30. The van der Waals surface area contributed by atoms with E-state index in [9.17, 15) is 14.4 Å². The smallest absolute Gasteiger partial charge is 0.326 e. The molecule has 0 radical (unpaired) electrons. The van der Waals surface area contributed by atoms with Gasteiger partial charge in [-0.05, 0) is 70.1 Å². The van der Waals surface area contributed by atoms with Crippen molar-refractivity contribution in [1.82, 2.24) is 16.0 Å². The second kappa shape index (κ2) is 22.8. The zero-order valence-electron chi connectivity index (χ0n) is 27.6. The second-order valence-corrected chi connectivity index (χ2v) is 14.0. The molecular weight excluding hydrogens is 542 g/mol. The van der Waals surface area contributed by atoms with Gasteiger partial charge in [-0.3, -0.25) is 9.59 Å². The Morgan fingerprint density at radius 3 is 1.21 bits per heavy atom. The minimum atomic E-state index is -1.06. The van der Waals surface area contributed by atoms with E-state index in [1.54, 1.807) is 0 Å². The van der Waals surface area contributed by atoms with E-state index >= 15 is 0 Å². The fraction of sp³-hybridized carbons (Fsp3) is 0.914. The third-order valence-corrected chi connectivity index (χ3v) is 9.50. The molecule has 250 valence electrons. The van der Waals surface area contributed by atoms with Crippen molar-refractivity contribution in [2.75, 3.05) is 0 Å². The highest BCUT2D eigenvalue weighted by Crippen LogP contribution is 2.23. The van der Waals surface area contributed by atoms with E-state index in [0.717, 1.165) is 24.2 Å². The zero-order chi connectivity index (χ0) is 31.3. The van der Waals surface area contributed by atoms with E-state index in [1.165, 1.54) is 128 Å². The van der Waals surface area contributed by atoms with Crippen LogP contribution in [-0.4, -0.2) is 58.3 Å². The highest BCUT2D eigenvalue weighted by Gasteiger charge is 2.22. The van der Waals surface area contributed by atoms with Gasteiger partial charge >= 0.3 is 11.9 Å². The van der Waals surface area contributed by atoms with Crippen LogP contribution in [-0.2, 0) is 14.4 Å². The van der Waals surface area contributed by atoms with Gasteiger partial charge in [0.25, 0.3) is 0 Å². The number of hydrogen-bond donors (Lipinski definition) is 5. The minimum Gasteiger partial charge on any atom is -0.481 e. The van der Waals surface area contributed by atoms with Crippen LogP contribution in [0.4, 0.5) is 0 Å². The van der Waals surface area contributed by atoms with Crippen molar-refractivity contribution in [2.45, 2.75) is 198 Å². The molecule has 0 saturated heterocycles. The first-order chi connectivity index (χ1) is 20.7. The third-order valence-electron chi connectivity index (χ3n) is 9.50. The van der Waals surface area contributed by atoms with Crippen LogP contribution in [0.25, 0.3) is 0 Å². The maximum Gasteiger partial charge on any atom is 0.326 e. The fourth-order valence-corrected chi connectivity index (χ4v) is 7.10. The molecule has 4 saturated carbocycles. The van der Waals surface area contributed by atoms with Gasteiger partial charge in [-0.1, -0.05) is 90.9 Å². The lowest BCUT2D eigenvalue weighted by Crippen LogP contribution is -2.41. The third kappa shape index (κ3) is 18.7. The normalized spacial score (nSPS) is 21.6. The summed E-state index contributed by atoms with van der Waals surface area (Å²) in [6.45, 7) is 3.74. The van der Waals surface area contributed by atoms with Crippen molar-refractivity contribution >= 4 is 17.8 Å². The Morgan fingerprint density at radius 1 is 0.581 bits per heavy atom. The van der Waals surface area contributed by atoms with Crippen LogP contribution >= 0.6 is 0 Å². The molecule has 0 heterocycles. The number of hydrogen-bond acceptors (Lipinski definition) is 5. The van der Waals surface area contributed by atoms with Gasteiger partial charge in [0.2, 0.25) is 5.91 Å². The maximum atomic E-state index is 11.4. The van der Waals surface area contributed by atoms with Crippen LogP contribution in [0.5, 0.6) is 0 Å². The van der Waals surface area contributed by atoms with Crippen LogP contribution in [0.3, 0.4) is 0 Å². The van der Waals surface area contributed by atoms with Gasteiger partial charge in [-0.15, -0.1) is 0 Å². The Labute approximate surface area is 262 Å². The SMILES string of the molecule is C1CCC(NC2CCCCC2)CC1.C1CCC(NC2CCCCC2)CC1.CC(C)C[C@@H](NC(=O)CCCC(=O)O)C(=O)O. The molecule has 4 aliphatic carbocycles. The Kier molecular flexibility index (Phi) is 19.9. The number of carboxylic acids is 2. The van der Waals surface area contributed by atoms with Crippen LogP contribution in [0.1, 0.15) is 168 Å². The highest BCUT2D eigenvalue weighted by molar-refractivity contribution is 5.83. The van der Waals surface area contributed by atoms with E-state index in [2.05, 4.69) is 16.0 Å². The van der Waals surface area contributed by atoms with Crippen molar-refractivity contribution in [1.29, 1.82) is 0 Å². The minimum absolute atomic E-state index is 0.0359. The summed E-state index contributed by atoms with van der Waals surface area (Å²) >= 11 is 0. The molecule has 5 N–H and O–H groups in total. The molecule has 1 atom stereocenters. The Bertz CT molecular complexity index is 687. The summed E-state index contributed by atoms with van der Waals surface area (Å²) in [5.41, 5.74) is 0. The molecular formula is C35H65N3O5. The molecule has 0 spiro atoms. The first-order valence-corrected chi connectivity index (χ1v) is 18.0. The average molecular weight is 608 g/mol. The van der Waals surface area contributed by atoms with Crippen LogP contribution in [0.2, 0.25) is 0 Å². The van der Waals surface area contributed by atoms with Gasteiger partial charge in [0.1, 0.15) is 6.04 Å². The Balaban J connectivity index is 0.000000227. The van der Waals surface area contributed by atoms with Crippen molar-refractivity contribution in [3.63, 3.8) is 0 Å². The standard InChI is InChI=1S/2C12H23N.C11H19NO5/c2*1-3-7-11(8-4-1)13-12-9-5-2-6-10-12;1-7(2)6-8(11(16)17)12-9(13)4-3-5-10(14)15/h2*11-13H,1-10H2;7-8H,3-6H2,1-2H3,(H,12,13)(H,14,15)(H,16,17)/t;;8-/m..1/s1. The van der Waals surface area contributed by atoms with Crippen molar-refractivity contribution in [2.24, 2.45) is 5.92 Å². The van der Waals surface area contributed by atoms with Crippen molar-refractivity contribution in [3.05, 3.63) is 0 Å². The number of nitrogens with one attached hydrogen (secondary N) is 3. The second-order valence-electron chi connectivity index (χ2n) is 14.0. The summed E-state index contributed by atoms with van der Waals surface area (Å²) in [6.07, 6.45) is 29.7. The van der Waals surface area contributed by atoms with E-state index in [1.807, 2.05) is 13.8 Å². The molecule has 1 amide bonds. The molecule has 8 nitrogen and oxygen atoms in total. The van der Waals surface area contributed by atoms with Crippen LogP contribution in [0.15, 0.2) is 0 Å². The monoisotopic (exact) mass is 607 g/mol. The summed E-state index contributed by atoms with van der Waals surface area (Å²) in [4.78, 5) is 32.4. The summed E-state index contributed by atoms with van der Waals surface area (Å²) in [5.74, 6) is -2.28. The molecule has 43 heavy (non-hydrogen) atoms. The lowest BCUT2D eigenvalue weighted by atomic mass is 9.91. The number of carbonyl (C=O) groups is 3. The summed E-state index contributed by atoms with van der Waals surface area (Å²) in [5, 5.41) is 27.4. The van der Waals surface area contributed by atoms with Gasteiger partial charge in [0, 0.05) is 37.0 Å². The van der Waals surface area contributed by atoms with Crippen LogP contribution < -0.4 is 16.0 Å². The molecule has 0 unspecified atom stereocenters. The maximum absolute atomic E-state index is 11.4. The van der Waals surface area contributed by atoms with Gasteiger partial charge in [0.15, 0.2) is 0 Å². The topological polar surface area (TPSA) is 128 Å². The molecule has 4 rings (SSSR count). The van der Waals surface area contributed by atoms with Crippen molar-refractivity contribution < 1.29 is 24.6 Å². The van der Waals surface area contributed by atoms with Crippen LogP contribution in [0, 0.1) is 5.92 Å². The Hall–Kier alpha value is -1.67. The average Bonchev–Trinajstić information content (AvgIpc) is 2.99. The molecule has 4 aliphatic rings. The predicted molar refractivity (Wildman–Crippen MR) is 174 cm³/mol. The molecule has 0 aromatic rings. The van der Waals surface area contributed by atoms with E-state index in [4.69, 9.17) is 10.2 Å². The summed E-state index contributed by atoms with van der Waals surface area (Å²) in [7, 11) is 0. The van der Waals surface area contributed by atoms with Gasteiger partial charge in [-0.25, -0.2) is 4.79 Å². The quantitative estimate of drug-likeness (QED) is 0.157.